The third-order valence-corrected chi connectivity index (χ3v) is 2.64. The van der Waals surface area contributed by atoms with Gasteiger partial charge in [-0.05, 0) is 31.4 Å². The van der Waals surface area contributed by atoms with Crippen molar-refractivity contribution in [3.05, 3.63) is 23.5 Å². The maximum atomic E-state index is 4.54. The monoisotopic (exact) mass is 203 g/mol. The molecule has 0 amide bonds. The van der Waals surface area contributed by atoms with Gasteiger partial charge in [0.2, 0.25) is 0 Å². The molecule has 80 valence electrons. The van der Waals surface area contributed by atoms with Crippen LogP contribution in [-0.4, -0.2) is 15.2 Å². The smallest absolute Gasteiger partial charge is 0.155 e. The quantitative estimate of drug-likeness (QED) is 0.773. The second kappa shape index (κ2) is 4.01. The van der Waals surface area contributed by atoms with E-state index in [-0.39, 0.29) is 0 Å². The molecule has 2 aromatic heterocycles. The average Bonchev–Trinajstić information content (AvgIpc) is 3.00. The van der Waals surface area contributed by atoms with E-state index in [9.17, 15) is 0 Å². The Hall–Kier alpha value is -1.38. The summed E-state index contributed by atoms with van der Waals surface area (Å²) in [6.45, 7) is 6.12. The first kappa shape index (κ1) is 10.1. The molecule has 0 radical (unpaired) electrons. The number of hydrogen-bond acceptors (Lipinski definition) is 2. The average molecular weight is 203 g/mol. The third kappa shape index (κ3) is 1.87. The molecule has 3 nitrogen and oxygen atoms in total. The van der Waals surface area contributed by atoms with Crippen molar-refractivity contribution in [2.45, 2.75) is 39.5 Å². The Morgan fingerprint density at radius 1 is 1.33 bits per heavy atom. The summed E-state index contributed by atoms with van der Waals surface area (Å²) < 4.78 is 0. The maximum Gasteiger partial charge on any atom is 0.155 e. The lowest BCUT2D eigenvalue weighted by Gasteiger charge is -1.99. The fourth-order valence-corrected chi connectivity index (χ4v) is 1.70. The van der Waals surface area contributed by atoms with Gasteiger partial charge in [-0.3, -0.25) is 5.10 Å². The molecule has 1 fully saturated rings. The molecule has 0 unspecified atom stereocenters. The van der Waals surface area contributed by atoms with Crippen molar-refractivity contribution in [3.63, 3.8) is 0 Å². The molecule has 1 aliphatic carbocycles. The largest absolute Gasteiger partial charge is 0.261 e. The molecule has 2 heterocycles. The van der Waals surface area contributed by atoms with Gasteiger partial charge in [0.05, 0.1) is 6.20 Å². The summed E-state index contributed by atoms with van der Waals surface area (Å²) in [6.07, 6.45) is 4.44. The molecule has 0 aromatic carbocycles. The van der Waals surface area contributed by atoms with Gasteiger partial charge >= 0.3 is 0 Å². The van der Waals surface area contributed by atoms with E-state index in [1.165, 1.54) is 24.1 Å². The number of aryl methyl sites for hydroxylation is 1. The van der Waals surface area contributed by atoms with Gasteiger partial charge in [0.1, 0.15) is 0 Å². The van der Waals surface area contributed by atoms with Gasteiger partial charge in [0.15, 0.2) is 5.65 Å². The van der Waals surface area contributed by atoms with Gasteiger partial charge in [-0.1, -0.05) is 13.8 Å². The highest BCUT2D eigenvalue weighted by atomic mass is 15.1. The number of hydrogen-bond donors (Lipinski definition) is 1. The van der Waals surface area contributed by atoms with E-state index in [0.29, 0.717) is 5.92 Å². The minimum Gasteiger partial charge on any atom is -0.261 e. The number of H-pyrrole nitrogens is 1. The maximum absolute atomic E-state index is 4.54. The number of aromatic amines is 1. The highest BCUT2D eigenvalue weighted by Gasteiger charge is 2.25. The molecule has 3 heteroatoms. The van der Waals surface area contributed by atoms with Crippen LogP contribution >= 0.6 is 0 Å². The van der Waals surface area contributed by atoms with E-state index in [2.05, 4.69) is 28.2 Å². The molecule has 0 atom stereocenters. The number of pyridine rings is 1. The van der Waals surface area contributed by atoms with Crippen molar-refractivity contribution in [1.29, 1.82) is 0 Å². The Balaban J connectivity index is 0.000000404. The fourth-order valence-electron chi connectivity index (χ4n) is 1.70. The number of rotatable bonds is 1. The summed E-state index contributed by atoms with van der Waals surface area (Å²) in [7, 11) is 0. The van der Waals surface area contributed by atoms with E-state index < -0.39 is 0 Å². The van der Waals surface area contributed by atoms with Crippen LogP contribution in [0.15, 0.2) is 12.3 Å². The van der Waals surface area contributed by atoms with Gasteiger partial charge in [0, 0.05) is 17.0 Å². The Labute approximate surface area is 89.9 Å². The first-order chi connectivity index (χ1) is 7.34. The first-order valence-corrected chi connectivity index (χ1v) is 5.65. The standard InChI is InChI=1S/C10H11N3.C2H6/c1-6-4-9(7-2-3-7)12-10-8(6)5-11-13-10;1-2/h4-5,7H,2-3H2,1H3,(H,11,12,13);1-2H3. The molecular formula is C12H17N3. The van der Waals surface area contributed by atoms with E-state index in [4.69, 9.17) is 0 Å². The van der Waals surface area contributed by atoms with Crippen molar-refractivity contribution in [2.75, 3.05) is 0 Å². The first-order valence-electron chi connectivity index (χ1n) is 5.65. The molecule has 0 saturated heterocycles. The number of fused-ring (bicyclic) bond motifs is 1. The van der Waals surface area contributed by atoms with Gasteiger partial charge in [-0.15, -0.1) is 0 Å². The minimum absolute atomic E-state index is 0.714. The molecule has 2 aromatic rings. The number of nitrogens with zero attached hydrogens (tertiary/aromatic N) is 2. The third-order valence-electron chi connectivity index (χ3n) is 2.64. The second-order valence-electron chi connectivity index (χ2n) is 3.77. The minimum atomic E-state index is 0.714. The lowest BCUT2D eigenvalue weighted by molar-refractivity contribution is 1.02. The van der Waals surface area contributed by atoms with Crippen LogP contribution in [0.1, 0.15) is 43.9 Å². The van der Waals surface area contributed by atoms with E-state index >= 15 is 0 Å². The molecule has 0 spiro atoms. The van der Waals surface area contributed by atoms with Gasteiger partial charge < -0.3 is 0 Å². The molecule has 0 bridgehead atoms. The predicted molar refractivity (Wildman–Crippen MR) is 61.9 cm³/mol. The predicted octanol–water partition coefficient (Wildman–Crippen LogP) is 3.17. The van der Waals surface area contributed by atoms with Gasteiger partial charge in [0.25, 0.3) is 0 Å². The van der Waals surface area contributed by atoms with Crippen LogP contribution in [0, 0.1) is 6.92 Å². The zero-order valence-corrected chi connectivity index (χ0v) is 9.54. The van der Waals surface area contributed by atoms with E-state index in [1.54, 1.807) is 0 Å². The Kier molecular flexibility index (Phi) is 2.71. The SMILES string of the molecule is CC.Cc1cc(C2CC2)nc2[nH]ncc12. The molecular weight excluding hydrogens is 186 g/mol. The highest BCUT2D eigenvalue weighted by molar-refractivity contribution is 5.78. The summed E-state index contributed by atoms with van der Waals surface area (Å²) in [5.41, 5.74) is 3.44. The van der Waals surface area contributed by atoms with Crippen LogP contribution in [0.4, 0.5) is 0 Å². The molecule has 3 rings (SSSR count). The molecule has 1 saturated carbocycles. The molecule has 1 N–H and O–H groups in total. The zero-order chi connectivity index (χ0) is 10.8. The van der Waals surface area contributed by atoms with Crippen molar-refractivity contribution in [2.24, 2.45) is 0 Å². The van der Waals surface area contributed by atoms with Gasteiger partial charge in [-0.25, -0.2) is 4.98 Å². The van der Waals surface area contributed by atoms with Gasteiger partial charge in [-0.2, -0.15) is 5.10 Å². The van der Waals surface area contributed by atoms with Crippen molar-refractivity contribution in [3.8, 4) is 0 Å². The molecule has 1 aliphatic rings. The Bertz CT molecular complexity index is 455. The highest BCUT2D eigenvalue weighted by Crippen LogP contribution is 2.39. The van der Waals surface area contributed by atoms with E-state index in [0.717, 1.165) is 11.0 Å². The van der Waals surface area contributed by atoms with Crippen LogP contribution in [0.5, 0.6) is 0 Å². The van der Waals surface area contributed by atoms with Crippen LogP contribution in [-0.2, 0) is 0 Å². The summed E-state index contributed by atoms with van der Waals surface area (Å²) in [4.78, 5) is 4.54. The van der Waals surface area contributed by atoms with E-state index in [1.807, 2.05) is 20.0 Å². The van der Waals surface area contributed by atoms with Crippen molar-refractivity contribution >= 4 is 11.0 Å². The Morgan fingerprint density at radius 2 is 2.07 bits per heavy atom. The summed E-state index contributed by atoms with van der Waals surface area (Å²) in [5, 5.41) is 8.06. The normalized spacial score (nSPS) is 14.9. The molecule has 0 aliphatic heterocycles. The fraction of sp³-hybridized carbons (Fsp3) is 0.500. The number of aromatic nitrogens is 3. The van der Waals surface area contributed by atoms with Crippen molar-refractivity contribution < 1.29 is 0 Å². The lowest BCUT2D eigenvalue weighted by Crippen LogP contribution is -1.89. The number of nitrogens with one attached hydrogen (secondary N) is 1. The van der Waals surface area contributed by atoms with Crippen LogP contribution in [0.3, 0.4) is 0 Å². The summed E-state index contributed by atoms with van der Waals surface area (Å²) >= 11 is 0. The molecule has 15 heavy (non-hydrogen) atoms. The second-order valence-corrected chi connectivity index (χ2v) is 3.77. The van der Waals surface area contributed by atoms with Crippen LogP contribution in [0.2, 0.25) is 0 Å². The lowest BCUT2D eigenvalue weighted by atomic mass is 10.1. The summed E-state index contributed by atoms with van der Waals surface area (Å²) in [5.74, 6) is 0.714. The van der Waals surface area contributed by atoms with Crippen LogP contribution < -0.4 is 0 Å². The zero-order valence-electron chi connectivity index (χ0n) is 9.54. The summed E-state index contributed by atoms with van der Waals surface area (Å²) in [6, 6.07) is 2.19. The van der Waals surface area contributed by atoms with Crippen LogP contribution in [0.25, 0.3) is 11.0 Å². The Morgan fingerprint density at radius 3 is 2.73 bits per heavy atom. The van der Waals surface area contributed by atoms with Crippen molar-refractivity contribution in [1.82, 2.24) is 15.2 Å². The topological polar surface area (TPSA) is 41.6 Å².